The van der Waals surface area contributed by atoms with Crippen LogP contribution in [-0.4, -0.2) is 37.0 Å². The molecule has 0 bridgehead atoms. The second-order valence-electron chi connectivity index (χ2n) is 9.59. The Morgan fingerprint density at radius 1 is 1.15 bits per heavy atom. The molecule has 7 nitrogen and oxygen atoms in total. The highest BCUT2D eigenvalue weighted by Crippen LogP contribution is 2.44. The van der Waals surface area contributed by atoms with E-state index in [1.54, 1.807) is 30.3 Å². The highest BCUT2D eigenvalue weighted by Gasteiger charge is 2.38. The van der Waals surface area contributed by atoms with Crippen LogP contribution in [0.15, 0.2) is 42.0 Å². The van der Waals surface area contributed by atoms with Crippen molar-refractivity contribution in [2.75, 3.05) is 23.5 Å². The maximum absolute atomic E-state index is 13.3. The lowest BCUT2D eigenvalue weighted by molar-refractivity contribution is -0.122. The highest BCUT2D eigenvalue weighted by molar-refractivity contribution is 6.39. The van der Waals surface area contributed by atoms with Crippen molar-refractivity contribution in [2.45, 2.75) is 52.5 Å². The van der Waals surface area contributed by atoms with Crippen molar-refractivity contribution in [1.82, 2.24) is 5.32 Å². The molecule has 2 heterocycles. The molecule has 1 atom stereocenters. The van der Waals surface area contributed by atoms with Crippen LogP contribution < -0.4 is 19.9 Å². The molecule has 0 radical (unpaired) electrons. The van der Waals surface area contributed by atoms with Crippen molar-refractivity contribution in [1.29, 1.82) is 0 Å². The van der Waals surface area contributed by atoms with Gasteiger partial charge in [-0.15, -0.1) is 0 Å². The zero-order valence-electron chi connectivity index (χ0n) is 20.6. The number of aryl methyl sites for hydroxylation is 1. The van der Waals surface area contributed by atoms with Crippen molar-refractivity contribution >= 4 is 35.3 Å². The maximum Gasteiger partial charge on any atom is 0.335 e. The summed E-state index contributed by atoms with van der Waals surface area (Å²) in [6, 6.07) is 9.98. The van der Waals surface area contributed by atoms with Gasteiger partial charge in [0.1, 0.15) is 11.3 Å². The molecule has 2 aromatic carbocycles. The monoisotopic (exact) mass is 461 g/mol. The molecule has 4 rings (SSSR count). The number of barbiturate groups is 1. The lowest BCUT2D eigenvalue weighted by Crippen LogP contribution is -2.54. The van der Waals surface area contributed by atoms with Crippen molar-refractivity contribution in [3.8, 4) is 5.75 Å². The summed E-state index contributed by atoms with van der Waals surface area (Å²) >= 11 is 0. The molecule has 7 heteroatoms. The van der Waals surface area contributed by atoms with Crippen LogP contribution >= 0.6 is 0 Å². The van der Waals surface area contributed by atoms with Crippen molar-refractivity contribution in [3.63, 3.8) is 0 Å². The van der Waals surface area contributed by atoms with Gasteiger partial charge < -0.3 is 9.64 Å². The summed E-state index contributed by atoms with van der Waals surface area (Å²) in [5.74, 6) is -0.413. The number of benzene rings is 2. The number of nitrogens with one attached hydrogen (secondary N) is 1. The molecule has 0 spiro atoms. The van der Waals surface area contributed by atoms with Gasteiger partial charge in [-0.1, -0.05) is 6.92 Å². The Hall–Kier alpha value is -3.61. The summed E-state index contributed by atoms with van der Waals surface area (Å²) in [4.78, 5) is 41.9. The number of imide groups is 2. The molecule has 0 aliphatic carbocycles. The minimum absolute atomic E-state index is 0.0477. The van der Waals surface area contributed by atoms with Gasteiger partial charge in [0, 0.05) is 17.8 Å². The van der Waals surface area contributed by atoms with Crippen LogP contribution in [0.2, 0.25) is 0 Å². The number of hydrogen-bond acceptors (Lipinski definition) is 5. The molecule has 0 saturated carbocycles. The predicted octanol–water partition coefficient (Wildman–Crippen LogP) is 4.78. The first-order chi connectivity index (χ1) is 16.1. The molecule has 34 heavy (non-hydrogen) atoms. The second kappa shape index (κ2) is 8.63. The highest BCUT2D eigenvalue weighted by atomic mass is 16.5. The first-order valence-corrected chi connectivity index (χ1v) is 11.5. The van der Waals surface area contributed by atoms with Crippen LogP contribution in [0.4, 0.5) is 16.2 Å². The van der Waals surface area contributed by atoms with Gasteiger partial charge in [-0.05, 0) is 99.2 Å². The molecular weight excluding hydrogens is 430 g/mol. The minimum atomic E-state index is -0.770. The Morgan fingerprint density at radius 2 is 1.82 bits per heavy atom. The second-order valence-corrected chi connectivity index (χ2v) is 9.59. The molecule has 4 amide bonds. The summed E-state index contributed by atoms with van der Waals surface area (Å²) in [6.45, 7) is 11.8. The molecule has 178 valence electrons. The first kappa shape index (κ1) is 23.5. The van der Waals surface area contributed by atoms with Gasteiger partial charge in [-0.2, -0.15) is 0 Å². The van der Waals surface area contributed by atoms with E-state index >= 15 is 0 Å². The number of nitrogens with zero attached hydrogens (tertiary/aromatic N) is 2. The molecule has 2 aliphatic rings. The number of ether oxygens (including phenoxy) is 1. The maximum atomic E-state index is 13.3. The third kappa shape index (κ3) is 3.95. The number of fused-ring (bicyclic) bond motifs is 1. The van der Waals surface area contributed by atoms with Crippen molar-refractivity contribution < 1.29 is 19.1 Å². The minimum Gasteiger partial charge on any atom is -0.497 e. The van der Waals surface area contributed by atoms with E-state index in [1.807, 2.05) is 6.92 Å². The molecule has 0 unspecified atom stereocenters. The number of amides is 4. The van der Waals surface area contributed by atoms with E-state index in [1.165, 1.54) is 18.4 Å². The molecule has 1 N–H and O–H groups in total. The predicted molar refractivity (Wildman–Crippen MR) is 133 cm³/mol. The number of anilines is 2. The molecule has 0 aromatic heterocycles. The summed E-state index contributed by atoms with van der Waals surface area (Å²) < 4.78 is 5.15. The van der Waals surface area contributed by atoms with E-state index in [0.717, 1.165) is 29.0 Å². The molecule has 1 saturated heterocycles. The van der Waals surface area contributed by atoms with Crippen LogP contribution in [0.5, 0.6) is 5.75 Å². The van der Waals surface area contributed by atoms with E-state index in [0.29, 0.717) is 17.4 Å². The van der Waals surface area contributed by atoms with Crippen LogP contribution in [0, 0.1) is 6.92 Å². The van der Waals surface area contributed by atoms with Gasteiger partial charge in [0.25, 0.3) is 11.8 Å². The summed E-state index contributed by atoms with van der Waals surface area (Å²) in [5, 5.41) is 2.29. The fourth-order valence-corrected chi connectivity index (χ4v) is 5.18. The van der Waals surface area contributed by atoms with Gasteiger partial charge in [0.05, 0.1) is 12.8 Å². The number of carbonyl (C=O) groups is 3. The zero-order chi connectivity index (χ0) is 24.8. The Kier molecular flexibility index (Phi) is 5.98. The SMILES string of the molecule is CCN1c2cc(C)c(/C=C3\C(=O)NC(=O)N(c4ccc(OC)cc4)C3=O)cc2[C@@H](C)CC1(C)C. The lowest BCUT2D eigenvalue weighted by Gasteiger charge is -2.47. The van der Waals surface area contributed by atoms with Crippen LogP contribution in [0.25, 0.3) is 6.08 Å². The third-order valence-corrected chi connectivity index (χ3v) is 6.82. The normalized spacial score (nSPS) is 20.9. The third-order valence-electron chi connectivity index (χ3n) is 6.82. The van der Waals surface area contributed by atoms with Gasteiger partial charge in [-0.3, -0.25) is 14.9 Å². The quantitative estimate of drug-likeness (QED) is 0.524. The average Bonchev–Trinajstić information content (AvgIpc) is 2.77. The van der Waals surface area contributed by atoms with E-state index in [4.69, 9.17) is 4.74 Å². The number of rotatable bonds is 4. The van der Waals surface area contributed by atoms with Crippen LogP contribution in [0.1, 0.15) is 56.7 Å². The summed E-state index contributed by atoms with van der Waals surface area (Å²) in [6.07, 6.45) is 2.60. The van der Waals surface area contributed by atoms with E-state index in [9.17, 15) is 14.4 Å². The number of urea groups is 1. The average molecular weight is 462 g/mol. The summed E-state index contributed by atoms with van der Waals surface area (Å²) in [5.41, 5.74) is 4.48. The number of hydrogen-bond donors (Lipinski definition) is 1. The molecule has 2 aromatic rings. The molecule has 2 aliphatic heterocycles. The molecule has 1 fully saturated rings. The van der Waals surface area contributed by atoms with Gasteiger partial charge in [-0.25, -0.2) is 9.69 Å². The Balaban J connectivity index is 1.75. The van der Waals surface area contributed by atoms with Gasteiger partial charge in [0.15, 0.2) is 0 Å². The topological polar surface area (TPSA) is 79.0 Å². The zero-order valence-corrected chi connectivity index (χ0v) is 20.6. The number of methoxy groups -OCH3 is 1. The van der Waals surface area contributed by atoms with E-state index in [2.05, 4.69) is 50.0 Å². The van der Waals surface area contributed by atoms with Gasteiger partial charge >= 0.3 is 6.03 Å². The lowest BCUT2D eigenvalue weighted by atomic mass is 9.79. The number of carbonyl (C=O) groups excluding carboxylic acids is 3. The fourth-order valence-electron chi connectivity index (χ4n) is 5.18. The Labute approximate surface area is 200 Å². The standard InChI is InChI=1S/C27H31N3O4/c1-7-29-23-12-16(2)18(13-21(23)17(3)15-27(29,4)5)14-22-24(31)28-26(33)30(25(22)32)19-8-10-20(34-6)11-9-19/h8-14,17H,7,15H2,1-6H3,(H,28,31,33)/b22-14+/t17-/m0/s1. The van der Waals surface area contributed by atoms with Crippen LogP contribution in [-0.2, 0) is 9.59 Å². The fraction of sp³-hybridized carbons (Fsp3) is 0.370. The van der Waals surface area contributed by atoms with Gasteiger partial charge in [0.2, 0.25) is 0 Å². The van der Waals surface area contributed by atoms with Crippen LogP contribution in [0.3, 0.4) is 0 Å². The van der Waals surface area contributed by atoms with Crippen molar-refractivity contribution in [3.05, 3.63) is 58.7 Å². The largest absolute Gasteiger partial charge is 0.497 e. The van der Waals surface area contributed by atoms with E-state index < -0.39 is 17.8 Å². The Bertz CT molecular complexity index is 1200. The smallest absolute Gasteiger partial charge is 0.335 e. The van der Waals surface area contributed by atoms with E-state index in [-0.39, 0.29) is 11.1 Å². The first-order valence-electron chi connectivity index (χ1n) is 11.5. The summed E-state index contributed by atoms with van der Waals surface area (Å²) in [7, 11) is 1.54. The molecular formula is C27H31N3O4. The van der Waals surface area contributed by atoms with Crippen molar-refractivity contribution in [2.24, 2.45) is 0 Å². The Morgan fingerprint density at radius 3 is 2.44 bits per heavy atom.